The molecule has 0 amide bonds. The second-order valence-corrected chi connectivity index (χ2v) is 18.0. The van der Waals surface area contributed by atoms with Gasteiger partial charge in [0.05, 0.1) is 16.7 Å². The lowest BCUT2D eigenvalue weighted by atomic mass is 9.97. The number of hydrogen-bond acceptors (Lipinski definition) is 2. The number of aromatic nitrogens is 1. The first-order chi connectivity index (χ1) is 32.2. The summed E-state index contributed by atoms with van der Waals surface area (Å²) in [5.74, 6) is 0. The Hall–Kier alpha value is -8.24. The van der Waals surface area contributed by atoms with Crippen molar-refractivity contribution in [3.05, 3.63) is 243 Å². The van der Waals surface area contributed by atoms with Gasteiger partial charge in [-0.2, -0.15) is 0 Å². The number of nitrogens with zero attached hydrogens (tertiary/aromatic N) is 2. The molecule has 11 aromatic carbocycles. The van der Waals surface area contributed by atoms with E-state index < -0.39 is 0 Å². The second-order valence-electron chi connectivity index (χ2n) is 16.9. The van der Waals surface area contributed by atoms with Crippen molar-refractivity contribution in [1.29, 1.82) is 0 Å². The molecular weight excluding hydrogens is 805 g/mol. The zero-order chi connectivity index (χ0) is 42.8. The summed E-state index contributed by atoms with van der Waals surface area (Å²) in [6.07, 6.45) is 0. The predicted octanol–water partition coefficient (Wildman–Crippen LogP) is 17.9. The second kappa shape index (κ2) is 15.2. The summed E-state index contributed by atoms with van der Waals surface area (Å²) in [6.45, 7) is 0. The number of para-hydroxylation sites is 2. The Kier molecular flexibility index (Phi) is 8.75. The molecule has 0 saturated carbocycles. The number of anilines is 3. The van der Waals surface area contributed by atoms with E-state index in [-0.39, 0.29) is 0 Å². The maximum Gasteiger partial charge on any atom is 0.0562 e. The van der Waals surface area contributed by atoms with Crippen LogP contribution in [0.4, 0.5) is 17.1 Å². The van der Waals surface area contributed by atoms with Gasteiger partial charge in [0.25, 0.3) is 0 Å². The van der Waals surface area contributed by atoms with Crippen LogP contribution in [0, 0.1) is 0 Å². The lowest BCUT2D eigenvalue weighted by Gasteiger charge is -2.29. The number of thiophene rings is 1. The highest BCUT2D eigenvalue weighted by molar-refractivity contribution is 7.25. The van der Waals surface area contributed by atoms with Crippen molar-refractivity contribution in [2.45, 2.75) is 0 Å². The molecule has 0 unspecified atom stereocenters. The summed E-state index contributed by atoms with van der Waals surface area (Å²) in [5, 5.41) is 10.0. The van der Waals surface area contributed by atoms with Gasteiger partial charge < -0.3 is 9.47 Å². The maximum atomic E-state index is 2.46. The Morgan fingerprint density at radius 1 is 0.308 bits per heavy atom. The number of rotatable bonds is 7. The van der Waals surface area contributed by atoms with Crippen LogP contribution in [0.5, 0.6) is 0 Å². The van der Waals surface area contributed by atoms with Crippen LogP contribution in [0.1, 0.15) is 0 Å². The Balaban J connectivity index is 1.06. The van der Waals surface area contributed by atoms with E-state index in [9.17, 15) is 0 Å². The van der Waals surface area contributed by atoms with E-state index in [1.165, 1.54) is 91.4 Å². The average Bonchev–Trinajstić information content (AvgIpc) is 3.91. The average molecular weight is 845 g/mol. The van der Waals surface area contributed by atoms with Crippen molar-refractivity contribution in [2.24, 2.45) is 0 Å². The highest BCUT2D eigenvalue weighted by atomic mass is 32.1. The Morgan fingerprint density at radius 3 is 1.49 bits per heavy atom. The van der Waals surface area contributed by atoms with Crippen molar-refractivity contribution >= 4 is 91.9 Å². The number of fused-ring (bicyclic) bond motifs is 8. The van der Waals surface area contributed by atoms with Crippen LogP contribution in [0.15, 0.2) is 243 Å². The van der Waals surface area contributed by atoms with Crippen LogP contribution in [0.2, 0.25) is 0 Å². The lowest BCUT2D eigenvalue weighted by molar-refractivity contribution is 1.18. The summed E-state index contributed by atoms with van der Waals surface area (Å²) < 4.78 is 5.02. The molecule has 0 spiro atoms. The zero-order valence-electron chi connectivity index (χ0n) is 35.4. The zero-order valence-corrected chi connectivity index (χ0v) is 36.2. The monoisotopic (exact) mass is 844 g/mol. The van der Waals surface area contributed by atoms with Crippen LogP contribution < -0.4 is 4.90 Å². The molecule has 65 heavy (non-hydrogen) atoms. The van der Waals surface area contributed by atoms with Crippen LogP contribution in [0.3, 0.4) is 0 Å². The summed E-state index contributed by atoms with van der Waals surface area (Å²) >= 11 is 1.87. The van der Waals surface area contributed by atoms with Gasteiger partial charge in [-0.25, -0.2) is 0 Å². The normalized spacial score (nSPS) is 11.7. The van der Waals surface area contributed by atoms with Gasteiger partial charge in [0.2, 0.25) is 0 Å². The minimum absolute atomic E-state index is 1.08. The van der Waals surface area contributed by atoms with E-state index in [0.29, 0.717) is 0 Å². The maximum absolute atomic E-state index is 2.46. The van der Waals surface area contributed by atoms with Gasteiger partial charge in [-0.15, -0.1) is 11.3 Å². The fourth-order valence-electron chi connectivity index (χ4n) is 9.94. The molecule has 0 atom stereocenters. The molecule has 2 aromatic heterocycles. The number of benzene rings is 11. The highest BCUT2D eigenvalue weighted by Gasteiger charge is 2.23. The molecule has 0 radical (unpaired) electrons. The van der Waals surface area contributed by atoms with Crippen molar-refractivity contribution < 1.29 is 0 Å². The molecule has 0 N–H and O–H groups in total. The number of hydrogen-bond donors (Lipinski definition) is 0. The standard InChI is InChI=1S/C62H40N2S/c1-2-16-50(17-3-1)64-58-20-10-8-18-53(58)57-39-56(49-30-35-55-54-19-9-11-21-61(54)65-62(55)38-49)59(40-60(57)64)63(51-31-26-43(27-32-51)47-24-22-41-12-4-6-14-45(41)36-47)52-33-28-44(29-34-52)48-25-23-42-13-5-7-15-46(42)37-48/h1-40H. The van der Waals surface area contributed by atoms with Crippen LogP contribution in [-0.2, 0) is 0 Å². The molecule has 304 valence electrons. The minimum atomic E-state index is 1.08. The van der Waals surface area contributed by atoms with Crippen molar-refractivity contribution in [3.8, 4) is 39.1 Å². The van der Waals surface area contributed by atoms with Gasteiger partial charge in [-0.3, -0.25) is 0 Å². The molecule has 0 aliphatic rings. The van der Waals surface area contributed by atoms with Gasteiger partial charge >= 0.3 is 0 Å². The molecule has 2 nitrogen and oxygen atoms in total. The molecular formula is C62H40N2S. The molecule has 13 aromatic rings. The Bertz CT molecular complexity index is 3810. The summed E-state index contributed by atoms with van der Waals surface area (Å²) in [7, 11) is 0. The van der Waals surface area contributed by atoms with E-state index in [1.54, 1.807) is 0 Å². The summed E-state index contributed by atoms with van der Waals surface area (Å²) in [6, 6.07) is 89.3. The topological polar surface area (TPSA) is 8.17 Å². The fraction of sp³-hybridized carbons (Fsp3) is 0. The molecule has 2 heterocycles. The highest BCUT2D eigenvalue weighted by Crippen LogP contribution is 2.47. The van der Waals surface area contributed by atoms with E-state index in [4.69, 9.17) is 0 Å². The third-order valence-corrected chi connectivity index (χ3v) is 14.3. The van der Waals surface area contributed by atoms with E-state index >= 15 is 0 Å². The first kappa shape index (κ1) is 37.3. The Labute approximate surface area is 381 Å². The fourth-order valence-corrected chi connectivity index (χ4v) is 11.1. The molecule has 13 rings (SSSR count). The molecule has 0 bridgehead atoms. The van der Waals surface area contributed by atoms with Crippen molar-refractivity contribution in [2.75, 3.05) is 4.90 Å². The van der Waals surface area contributed by atoms with E-state index in [0.717, 1.165) is 28.3 Å². The van der Waals surface area contributed by atoms with Crippen LogP contribution >= 0.6 is 11.3 Å². The molecule has 0 aliphatic heterocycles. The summed E-state index contributed by atoms with van der Waals surface area (Å²) in [4.78, 5) is 2.46. The van der Waals surface area contributed by atoms with Crippen molar-refractivity contribution in [3.63, 3.8) is 0 Å². The molecule has 0 saturated heterocycles. The smallest absolute Gasteiger partial charge is 0.0562 e. The van der Waals surface area contributed by atoms with Crippen molar-refractivity contribution in [1.82, 2.24) is 4.57 Å². The third kappa shape index (κ3) is 6.39. The first-order valence-electron chi connectivity index (χ1n) is 22.2. The van der Waals surface area contributed by atoms with Gasteiger partial charge in [0.1, 0.15) is 0 Å². The van der Waals surface area contributed by atoms with Crippen LogP contribution in [0.25, 0.3) is 103 Å². The quantitative estimate of drug-likeness (QED) is 0.155. The largest absolute Gasteiger partial charge is 0.310 e. The first-order valence-corrected chi connectivity index (χ1v) is 23.0. The van der Waals surface area contributed by atoms with Crippen LogP contribution in [-0.4, -0.2) is 4.57 Å². The van der Waals surface area contributed by atoms with Gasteiger partial charge in [-0.1, -0.05) is 164 Å². The molecule has 0 aliphatic carbocycles. The Morgan fingerprint density at radius 2 is 0.831 bits per heavy atom. The predicted molar refractivity (Wildman–Crippen MR) is 280 cm³/mol. The van der Waals surface area contributed by atoms with Gasteiger partial charge in [-0.05, 0) is 128 Å². The summed E-state index contributed by atoms with van der Waals surface area (Å²) in [5.41, 5.74) is 13.9. The molecule has 3 heteroatoms. The van der Waals surface area contributed by atoms with E-state index in [2.05, 4.69) is 252 Å². The van der Waals surface area contributed by atoms with E-state index in [1.807, 2.05) is 11.3 Å². The minimum Gasteiger partial charge on any atom is -0.310 e. The van der Waals surface area contributed by atoms with Gasteiger partial charge in [0.15, 0.2) is 0 Å². The SMILES string of the molecule is c1ccc(-n2c3ccccc3c3cc(-c4ccc5c(c4)sc4ccccc45)c(N(c4ccc(-c5ccc6ccccc6c5)cc4)c4ccc(-c5ccc6ccccc6c5)cc4)cc32)cc1. The van der Waals surface area contributed by atoms with Gasteiger partial charge in [0, 0.05) is 53.6 Å². The lowest BCUT2D eigenvalue weighted by Crippen LogP contribution is -2.11. The molecule has 0 fully saturated rings. The third-order valence-electron chi connectivity index (χ3n) is 13.2.